The molecular formula is C29H54N4O3. The molecule has 0 aliphatic heterocycles. The first-order chi connectivity index (χ1) is 17.4. The third kappa shape index (κ3) is 14.6. The highest BCUT2D eigenvalue weighted by molar-refractivity contribution is 5.93. The molecule has 2 amide bonds. The first-order valence-electron chi connectivity index (χ1n) is 14.7. The monoisotopic (exact) mass is 506 g/mol. The molecule has 0 bridgehead atoms. The lowest BCUT2D eigenvalue weighted by molar-refractivity contribution is -0.137. The number of carbonyl (C=O) groups is 2. The minimum absolute atomic E-state index is 0.0190. The normalized spacial score (nSPS) is 12.2. The van der Waals surface area contributed by atoms with Crippen molar-refractivity contribution in [2.75, 3.05) is 31.5 Å². The molecule has 1 aromatic heterocycles. The van der Waals surface area contributed by atoms with E-state index in [-0.39, 0.29) is 24.4 Å². The van der Waals surface area contributed by atoms with Crippen molar-refractivity contribution >= 4 is 17.6 Å². The predicted octanol–water partition coefficient (Wildman–Crippen LogP) is 6.96. The summed E-state index contributed by atoms with van der Waals surface area (Å²) in [6, 6.07) is 1.70. The number of anilines is 1. The summed E-state index contributed by atoms with van der Waals surface area (Å²) in [4.78, 5) is 30.0. The van der Waals surface area contributed by atoms with Crippen molar-refractivity contribution in [1.82, 2.24) is 15.0 Å². The summed E-state index contributed by atoms with van der Waals surface area (Å²) < 4.78 is 5.03. The molecule has 1 rings (SSSR count). The Kier molecular flexibility index (Phi) is 18.0. The number of nitrogens with one attached hydrogen (secondary N) is 1. The van der Waals surface area contributed by atoms with E-state index in [1.165, 1.54) is 57.8 Å². The average molecular weight is 507 g/mol. The molecule has 0 aromatic carbocycles. The van der Waals surface area contributed by atoms with Crippen molar-refractivity contribution in [2.45, 2.75) is 131 Å². The fraction of sp³-hybridized carbons (Fsp3) is 0.828. The van der Waals surface area contributed by atoms with Gasteiger partial charge < -0.3 is 19.6 Å². The molecule has 7 heteroatoms. The Balaban J connectivity index is 2.45. The minimum Gasteiger partial charge on any atom is -0.360 e. The maximum Gasteiger partial charge on any atom is 0.245 e. The van der Waals surface area contributed by atoms with E-state index in [0.29, 0.717) is 18.0 Å². The molecule has 1 unspecified atom stereocenters. The summed E-state index contributed by atoms with van der Waals surface area (Å²) in [5.41, 5.74) is 0. The van der Waals surface area contributed by atoms with Crippen molar-refractivity contribution in [1.29, 1.82) is 0 Å². The van der Waals surface area contributed by atoms with Gasteiger partial charge in [0.05, 0.1) is 0 Å². The molecule has 1 aromatic rings. The Labute approximate surface area is 220 Å². The molecule has 0 aliphatic rings. The zero-order chi connectivity index (χ0) is 26.6. The Morgan fingerprint density at radius 1 is 0.917 bits per heavy atom. The highest BCUT2D eigenvalue weighted by Crippen LogP contribution is 2.15. The number of hydrogen-bond acceptors (Lipinski definition) is 5. The molecule has 7 nitrogen and oxygen atoms in total. The van der Waals surface area contributed by atoms with Crippen molar-refractivity contribution < 1.29 is 14.1 Å². The van der Waals surface area contributed by atoms with Gasteiger partial charge in [0.25, 0.3) is 0 Å². The molecule has 0 spiro atoms. The quantitative estimate of drug-likeness (QED) is 0.172. The number of aryl methyl sites for hydroxylation is 1. The smallest absolute Gasteiger partial charge is 0.245 e. The van der Waals surface area contributed by atoms with Gasteiger partial charge in [-0.25, -0.2) is 0 Å². The standard InChI is InChI=1S/C29H54N4O3/c1-6-9-10-11-12-13-14-15-16-17-18-21-29(35)33(25(4)20-19-22-32(7-2)8-3)24-28(34)30-27-23-26(5)36-31-27/h23,25H,6-22,24H2,1-5H3,(H,30,31,34). The van der Waals surface area contributed by atoms with Crippen LogP contribution in [0, 0.1) is 6.92 Å². The van der Waals surface area contributed by atoms with Gasteiger partial charge in [0.2, 0.25) is 11.8 Å². The summed E-state index contributed by atoms with van der Waals surface area (Å²) in [5.74, 6) is 0.878. The number of rotatable bonds is 22. The zero-order valence-electron chi connectivity index (χ0n) is 23.9. The van der Waals surface area contributed by atoms with E-state index in [0.717, 1.165) is 45.3 Å². The molecular weight excluding hydrogens is 452 g/mol. The van der Waals surface area contributed by atoms with Crippen LogP contribution in [0.25, 0.3) is 0 Å². The van der Waals surface area contributed by atoms with Crippen LogP contribution < -0.4 is 5.32 Å². The van der Waals surface area contributed by atoms with Crippen molar-refractivity contribution in [2.24, 2.45) is 0 Å². The Bertz CT molecular complexity index is 702. The summed E-state index contributed by atoms with van der Waals surface area (Å²) in [6.07, 6.45) is 16.2. The Morgan fingerprint density at radius 2 is 1.50 bits per heavy atom. The number of unbranched alkanes of at least 4 members (excludes halogenated alkanes) is 10. The fourth-order valence-corrected chi connectivity index (χ4v) is 4.64. The van der Waals surface area contributed by atoms with Gasteiger partial charge in [-0.2, -0.15) is 0 Å². The Morgan fingerprint density at radius 3 is 2.03 bits per heavy atom. The van der Waals surface area contributed by atoms with Gasteiger partial charge in [-0.3, -0.25) is 9.59 Å². The average Bonchev–Trinajstić information content (AvgIpc) is 3.27. The highest BCUT2D eigenvalue weighted by Gasteiger charge is 2.23. The highest BCUT2D eigenvalue weighted by atomic mass is 16.5. The van der Waals surface area contributed by atoms with Crippen molar-refractivity contribution in [3.05, 3.63) is 11.8 Å². The van der Waals surface area contributed by atoms with Crippen LogP contribution in [-0.2, 0) is 9.59 Å². The van der Waals surface area contributed by atoms with E-state index >= 15 is 0 Å². The van der Waals surface area contributed by atoms with Crippen molar-refractivity contribution in [3.8, 4) is 0 Å². The Hall–Kier alpha value is -1.89. The number of amides is 2. The van der Waals surface area contributed by atoms with Gasteiger partial charge >= 0.3 is 0 Å². The van der Waals surface area contributed by atoms with Gasteiger partial charge in [-0.05, 0) is 52.7 Å². The largest absolute Gasteiger partial charge is 0.360 e. The second-order valence-electron chi connectivity index (χ2n) is 10.2. The van der Waals surface area contributed by atoms with Gasteiger partial charge in [0, 0.05) is 18.5 Å². The fourth-order valence-electron chi connectivity index (χ4n) is 4.64. The number of aromatic nitrogens is 1. The van der Waals surface area contributed by atoms with Crippen LogP contribution in [0.5, 0.6) is 0 Å². The summed E-state index contributed by atoms with van der Waals surface area (Å²) in [7, 11) is 0. The molecule has 1 heterocycles. The molecule has 1 atom stereocenters. The van der Waals surface area contributed by atoms with Crippen LogP contribution in [-0.4, -0.2) is 59.0 Å². The third-order valence-corrected chi connectivity index (χ3v) is 7.05. The van der Waals surface area contributed by atoms with Crippen LogP contribution in [0.3, 0.4) is 0 Å². The van der Waals surface area contributed by atoms with Crippen LogP contribution in [0.2, 0.25) is 0 Å². The van der Waals surface area contributed by atoms with E-state index in [9.17, 15) is 9.59 Å². The summed E-state index contributed by atoms with van der Waals surface area (Å²) >= 11 is 0. The van der Waals surface area contributed by atoms with Crippen molar-refractivity contribution in [3.63, 3.8) is 0 Å². The first kappa shape index (κ1) is 32.1. The van der Waals surface area contributed by atoms with E-state index < -0.39 is 0 Å². The zero-order valence-corrected chi connectivity index (χ0v) is 23.9. The van der Waals surface area contributed by atoms with Crippen LogP contribution in [0.1, 0.15) is 123 Å². The summed E-state index contributed by atoms with van der Waals surface area (Å²) in [6.45, 7) is 13.6. The lowest BCUT2D eigenvalue weighted by Crippen LogP contribution is -2.44. The number of carbonyl (C=O) groups excluding carboxylic acids is 2. The van der Waals surface area contributed by atoms with Gasteiger partial charge in [-0.1, -0.05) is 90.1 Å². The van der Waals surface area contributed by atoms with Gasteiger partial charge in [0.1, 0.15) is 12.3 Å². The molecule has 0 saturated carbocycles. The van der Waals surface area contributed by atoms with E-state index in [1.54, 1.807) is 17.9 Å². The molecule has 0 aliphatic carbocycles. The molecule has 208 valence electrons. The molecule has 1 N–H and O–H groups in total. The van der Waals surface area contributed by atoms with Crippen LogP contribution in [0.15, 0.2) is 10.6 Å². The SMILES string of the molecule is CCCCCCCCCCCCCC(=O)N(CC(=O)Nc1cc(C)on1)C(C)CCCN(CC)CC. The first-order valence-corrected chi connectivity index (χ1v) is 14.7. The second-order valence-corrected chi connectivity index (χ2v) is 10.2. The molecule has 0 radical (unpaired) electrons. The maximum atomic E-state index is 13.1. The van der Waals surface area contributed by atoms with E-state index in [1.807, 2.05) is 0 Å². The number of nitrogens with zero attached hydrogens (tertiary/aromatic N) is 3. The molecule has 0 fully saturated rings. The van der Waals surface area contributed by atoms with Crippen LogP contribution >= 0.6 is 0 Å². The minimum atomic E-state index is -0.230. The molecule has 36 heavy (non-hydrogen) atoms. The van der Waals surface area contributed by atoms with E-state index in [4.69, 9.17) is 4.52 Å². The predicted molar refractivity (Wildman–Crippen MR) is 149 cm³/mol. The van der Waals surface area contributed by atoms with Gasteiger partial charge in [0.15, 0.2) is 5.82 Å². The summed E-state index contributed by atoms with van der Waals surface area (Å²) in [5, 5.41) is 6.60. The van der Waals surface area contributed by atoms with E-state index in [2.05, 4.69) is 43.1 Å². The second kappa shape index (κ2) is 20.2. The lowest BCUT2D eigenvalue weighted by Gasteiger charge is -2.29. The van der Waals surface area contributed by atoms with Gasteiger partial charge in [-0.15, -0.1) is 0 Å². The maximum absolute atomic E-state index is 13.1. The topological polar surface area (TPSA) is 78.7 Å². The number of hydrogen-bond donors (Lipinski definition) is 1. The third-order valence-electron chi connectivity index (χ3n) is 7.05. The lowest BCUT2D eigenvalue weighted by atomic mass is 10.0. The van der Waals surface area contributed by atoms with Crippen LogP contribution in [0.4, 0.5) is 5.82 Å². The molecule has 0 saturated heterocycles.